The molecule has 0 fully saturated rings. The maximum Gasteiger partial charge on any atom is 0.261 e. The van der Waals surface area contributed by atoms with Gasteiger partial charge in [0, 0.05) is 0 Å². The van der Waals surface area contributed by atoms with E-state index in [4.69, 9.17) is 0 Å². The van der Waals surface area contributed by atoms with Crippen LogP contribution in [-0.2, 0) is 14.8 Å². The second-order valence-corrected chi connectivity index (χ2v) is 6.18. The van der Waals surface area contributed by atoms with Crippen LogP contribution in [0.15, 0.2) is 47.4 Å². The first-order valence-electron chi connectivity index (χ1n) is 6.26. The number of halogens is 1. The lowest BCUT2D eigenvalue weighted by Gasteiger charge is -2.10. The van der Waals surface area contributed by atoms with Crippen molar-refractivity contribution in [3.05, 3.63) is 59.4 Å². The molecule has 112 valence electrons. The fourth-order valence-corrected chi connectivity index (χ4v) is 2.82. The van der Waals surface area contributed by atoms with Gasteiger partial charge in [-0.15, -0.1) is 0 Å². The Kier molecular flexibility index (Phi) is 4.59. The van der Waals surface area contributed by atoms with Gasteiger partial charge in [-0.25, -0.2) is 12.8 Å². The normalized spacial score (nSPS) is 10.5. The second kappa shape index (κ2) is 6.41. The van der Waals surface area contributed by atoms with E-state index >= 15 is 0 Å². The van der Waals surface area contributed by atoms with E-state index in [1.54, 1.807) is 12.1 Å². The first-order chi connectivity index (χ1) is 10.4. The van der Waals surface area contributed by atoms with Gasteiger partial charge in [0.05, 0.1) is 16.1 Å². The lowest BCUT2D eigenvalue weighted by atomic mass is 10.2. The molecule has 0 amide bonds. The minimum Gasteiger partial charge on any atom is -0.289 e. The summed E-state index contributed by atoms with van der Waals surface area (Å²) in [5.74, 6) is 3.96. The number of hydrogen-bond donors (Lipinski definition) is 1. The highest BCUT2D eigenvalue weighted by Gasteiger charge is 2.15. The molecule has 0 heterocycles. The van der Waals surface area contributed by atoms with Crippen LogP contribution < -0.4 is 4.72 Å². The average Bonchev–Trinajstić information content (AvgIpc) is 2.48. The summed E-state index contributed by atoms with van der Waals surface area (Å²) >= 11 is 0. The van der Waals surface area contributed by atoms with Crippen molar-refractivity contribution in [2.75, 3.05) is 4.72 Å². The number of sulfonamides is 1. The van der Waals surface area contributed by atoms with Gasteiger partial charge >= 0.3 is 0 Å². The van der Waals surface area contributed by atoms with Crippen LogP contribution >= 0.6 is 0 Å². The second-order valence-electron chi connectivity index (χ2n) is 4.50. The maximum absolute atomic E-state index is 13.2. The highest BCUT2D eigenvalue weighted by Crippen LogP contribution is 2.21. The Balaban J connectivity index is 2.41. The molecule has 1 N–H and O–H groups in total. The zero-order chi connectivity index (χ0) is 16.2. The minimum atomic E-state index is -3.82. The van der Waals surface area contributed by atoms with Crippen molar-refractivity contribution >= 4 is 22.0 Å². The molecule has 2 aromatic carbocycles. The Hall–Kier alpha value is -2.65. The van der Waals surface area contributed by atoms with E-state index < -0.39 is 15.8 Å². The molecule has 0 radical (unpaired) electrons. The number of carbonyl (C=O) groups excluding carboxylic acids is 1. The molecule has 0 spiro atoms. The Morgan fingerprint density at radius 2 is 1.82 bits per heavy atom. The van der Waals surface area contributed by atoms with Crippen molar-refractivity contribution in [2.24, 2.45) is 0 Å². The molecule has 22 heavy (non-hydrogen) atoms. The van der Waals surface area contributed by atoms with Gasteiger partial charge in [-0.1, -0.05) is 23.6 Å². The molecular weight excluding hydrogens is 305 g/mol. The van der Waals surface area contributed by atoms with Crippen molar-refractivity contribution in [1.82, 2.24) is 0 Å². The van der Waals surface area contributed by atoms with Crippen molar-refractivity contribution < 1.29 is 17.6 Å². The lowest BCUT2D eigenvalue weighted by molar-refractivity contribution is -0.103. The van der Waals surface area contributed by atoms with Crippen LogP contribution in [0, 0.1) is 24.6 Å². The van der Waals surface area contributed by atoms with E-state index in [0.29, 0.717) is 6.29 Å². The van der Waals surface area contributed by atoms with Gasteiger partial charge in [0.1, 0.15) is 5.82 Å². The molecule has 0 aliphatic heterocycles. The lowest BCUT2D eigenvalue weighted by Crippen LogP contribution is -2.14. The predicted molar refractivity (Wildman–Crippen MR) is 81.3 cm³/mol. The summed E-state index contributed by atoms with van der Waals surface area (Å²) in [5.41, 5.74) is 1.12. The van der Waals surface area contributed by atoms with Crippen molar-refractivity contribution in [1.29, 1.82) is 0 Å². The summed E-state index contributed by atoms with van der Waals surface area (Å²) < 4.78 is 40.2. The van der Waals surface area contributed by atoms with E-state index in [1.807, 2.05) is 6.92 Å². The summed E-state index contributed by atoms with van der Waals surface area (Å²) in [6.45, 7) is 1.84. The van der Waals surface area contributed by atoms with E-state index in [1.165, 1.54) is 18.2 Å². The highest BCUT2D eigenvalue weighted by atomic mass is 32.2. The van der Waals surface area contributed by atoms with E-state index in [2.05, 4.69) is 16.6 Å². The van der Waals surface area contributed by atoms with Gasteiger partial charge in [0.15, 0.2) is 6.29 Å². The summed E-state index contributed by atoms with van der Waals surface area (Å²) in [7, 11) is -3.82. The van der Waals surface area contributed by atoms with Crippen LogP contribution in [0.2, 0.25) is 0 Å². The summed E-state index contributed by atoms with van der Waals surface area (Å²) in [6, 6.07) is 9.72. The number of benzene rings is 2. The maximum atomic E-state index is 13.2. The molecule has 0 aromatic heterocycles. The monoisotopic (exact) mass is 317 g/mol. The first kappa shape index (κ1) is 15.7. The summed E-state index contributed by atoms with van der Waals surface area (Å²) in [6.07, 6.45) is 0.350. The van der Waals surface area contributed by atoms with E-state index in [-0.39, 0.29) is 16.1 Å². The number of rotatable bonds is 3. The summed E-state index contributed by atoms with van der Waals surface area (Å²) in [5, 5.41) is 0. The molecule has 0 saturated heterocycles. The van der Waals surface area contributed by atoms with Gasteiger partial charge in [0.2, 0.25) is 0 Å². The third-order valence-corrected chi connectivity index (χ3v) is 4.20. The van der Waals surface area contributed by atoms with Gasteiger partial charge in [-0.2, -0.15) is 0 Å². The molecule has 0 unspecified atom stereocenters. The number of nitrogens with one attached hydrogen (secondary N) is 1. The third-order valence-electron chi connectivity index (χ3n) is 2.82. The van der Waals surface area contributed by atoms with Crippen molar-refractivity contribution in [2.45, 2.75) is 11.8 Å². The molecule has 4 nitrogen and oxygen atoms in total. The molecular formula is C16H12FNO3S. The number of aryl methyl sites for hydroxylation is 1. The average molecular weight is 317 g/mol. The topological polar surface area (TPSA) is 63.2 Å². The summed E-state index contributed by atoms with van der Waals surface area (Å²) in [4.78, 5) is 10.4. The van der Waals surface area contributed by atoms with E-state index in [0.717, 1.165) is 17.7 Å². The van der Waals surface area contributed by atoms with Crippen LogP contribution in [0.25, 0.3) is 0 Å². The molecule has 2 rings (SSSR count). The fraction of sp³-hybridized carbons (Fsp3) is 0.0625. The Bertz CT molecular complexity index is 862. The highest BCUT2D eigenvalue weighted by molar-refractivity contribution is 7.92. The zero-order valence-electron chi connectivity index (χ0n) is 11.6. The quantitative estimate of drug-likeness (QED) is 0.699. The fourth-order valence-electron chi connectivity index (χ4n) is 1.74. The first-order valence-corrected chi connectivity index (χ1v) is 7.75. The zero-order valence-corrected chi connectivity index (χ0v) is 12.4. The van der Waals surface area contributed by atoms with Crippen molar-refractivity contribution in [3.8, 4) is 11.8 Å². The number of anilines is 1. The molecule has 0 atom stereocenters. The molecule has 0 aliphatic carbocycles. The number of carbonyl (C=O) groups is 1. The molecule has 0 aliphatic rings. The van der Waals surface area contributed by atoms with Crippen LogP contribution in [-0.4, -0.2) is 14.7 Å². The van der Waals surface area contributed by atoms with Crippen LogP contribution in [0.1, 0.15) is 11.1 Å². The third kappa shape index (κ3) is 3.71. The van der Waals surface area contributed by atoms with Gasteiger partial charge in [-0.05, 0) is 43.2 Å². The van der Waals surface area contributed by atoms with Gasteiger partial charge < -0.3 is 0 Å². The molecule has 2 aromatic rings. The Morgan fingerprint density at radius 1 is 1.14 bits per heavy atom. The SMILES string of the molecule is Cc1ccc(S(=O)(=O)Nc2ccc(F)cc2C#CC=O)cc1. The molecule has 6 heteroatoms. The predicted octanol–water partition coefficient (Wildman–Crippen LogP) is 2.49. The smallest absolute Gasteiger partial charge is 0.261 e. The molecule has 0 bridgehead atoms. The van der Waals surface area contributed by atoms with Crippen LogP contribution in [0.3, 0.4) is 0 Å². The van der Waals surface area contributed by atoms with Crippen molar-refractivity contribution in [3.63, 3.8) is 0 Å². The Labute approximate surface area is 128 Å². The van der Waals surface area contributed by atoms with Gasteiger partial charge in [-0.3, -0.25) is 9.52 Å². The largest absolute Gasteiger partial charge is 0.289 e. The molecule has 0 saturated carbocycles. The van der Waals surface area contributed by atoms with Gasteiger partial charge in [0.25, 0.3) is 10.0 Å². The minimum absolute atomic E-state index is 0.0803. The van der Waals surface area contributed by atoms with Crippen LogP contribution in [0.4, 0.5) is 10.1 Å². The van der Waals surface area contributed by atoms with Crippen LogP contribution in [0.5, 0.6) is 0 Å². The Morgan fingerprint density at radius 3 is 2.45 bits per heavy atom. The number of hydrogen-bond acceptors (Lipinski definition) is 3. The van der Waals surface area contributed by atoms with E-state index in [9.17, 15) is 17.6 Å². The number of aldehydes is 1. The standard InChI is InChI=1S/C16H12FNO3S/c1-12-4-7-15(8-5-12)22(20,21)18-16-9-6-14(17)11-13(16)3-2-10-19/h4-11,18H,1H3.